The van der Waals surface area contributed by atoms with Gasteiger partial charge in [-0.15, -0.1) is 0 Å². The van der Waals surface area contributed by atoms with Gasteiger partial charge in [-0.1, -0.05) is 29.8 Å². The van der Waals surface area contributed by atoms with E-state index in [1.165, 1.54) is 0 Å². The van der Waals surface area contributed by atoms with Crippen LogP contribution in [0.25, 0.3) is 0 Å². The van der Waals surface area contributed by atoms with Crippen LogP contribution >= 0.6 is 11.6 Å². The van der Waals surface area contributed by atoms with E-state index in [9.17, 15) is 9.59 Å². The Hall–Kier alpha value is -2.37. The first kappa shape index (κ1) is 18.0. The van der Waals surface area contributed by atoms with E-state index in [0.717, 1.165) is 5.56 Å². The van der Waals surface area contributed by atoms with Gasteiger partial charge in [0.15, 0.2) is 0 Å². The van der Waals surface area contributed by atoms with E-state index in [-0.39, 0.29) is 18.4 Å². The fraction of sp³-hybridized carbons (Fsp3) is 0.222. The van der Waals surface area contributed by atoms with Gasteiger partial charge in [0.1, 0.15) is 0 Å². The Morgan fingerprint density at radius 3 is 2.50 bits per heavy atom. The summed E-state index contributed by atoms with van der Waals surface area (Å²) in [5, 5.41) is 6.05. The van der Waals surface area contributed by atoms with Crippen LogP contribution in [0.5, 0.6) is 0 Å². The first-order valence-electron chi connectivity index (χ1n) is 7.53. The molecule has 0 saturated carbocycles. The fourth-order valence-electron chi connectivity index (χ4n) is 2.29. The molecule has 2 amide bonds. The van der Waals surface area contributed by atoms with Crippen molar-refractivity contribution in [2.75, 3.05) is 26.0 Å². The number of halogens is 1. The molecule has 0 radical (unpaired) electrons. The molecule has 0 saturated heterocycles. The summed E-state index contributed by atoms with van der Waals surface area (Å²) in [6.07, 6.45) is 0. The lowest BCUT2D eigenvalue weighted by atomic mass is 10.2. The van der Waals surface area contributed by atoms with Crippen LogP contribution < -0.4 is 10.6 Å². The lowest BCUT2D eigenvalue weighted by Crippen LogP contribution is -2.30. The molecule has 0 aromatic heterocycles. The summed E-state index contributed by atoms with van der Waals surface area (Å²) in [6.45, 7) is 0.885. The second-order valence-corrected chi connectivity index (χ2v) is 5.94. The van der Waals surface area contributed by atoms with Crippen molar-refractivity contribution in [2.24, 2.45) is 0 Å². The third-order valence-corrected chi connectivity index (χ3v) is 3.67. The number of benzene rings is 2. The molecule has 0 aliphatic heterocycles. The van der Waals surface area contributed by atoms with Crippen molar-refractivity contribution in [2.45, 2.75) is 6.54 Å². The van der Waals surface area contributed by atoms with Gasteiger partial charge in [0.25, 0.3) is 5.91 Å². The van der Waals surface area contributed by atoms with Crippen LogP contribution in [0.15, 0.2) is 48.5 Å². The highest BCUT2D eigenvalue weighted by Crippen LogP contribution is 2.12. The Morgan fingerprint density at radius 2 is 1.83 bits per heavy atom. The zero-order chi connectivity index (χ0) is 17.5. The monoisotopic (exact) mass is 345 g/mol. The van der Waals surface area contributed by atoms with E-state index >= 15 is 0 Å². The van der Waals surface area contributed by atoms with Gasteiger partial charge in [0.2, 0.25) is 5.91 Å². The number of nitrogens with one attached hydrogen (secondary N) is 2. The summed E-state index contributed by atoms with van der Waals surface area (Å²) in [5.41, 5.74) is 2.18. The largest absolute Gasteiger partial charge is 0.355 e. The molecule has 0 heterocycles. The van der Waals surface area contributed by atoms with Crippen molar-refractivity contribution < 1.29 is 9.59 Å². The van der Waals surface area contributed by atoms with Gasteiger partial charge in [0, 0.05) is 29.9 Å². The lowest BCUT2D eigenvalue weighted by Gasteiger charge is -2.16. The van der Waals surface area contributed by atoms with Gasteiger partial charge in [-0.3, -0.25) is 14.5 Å². The van der Waals surface area contributed by atoms with Crippen molar-refractivity contribution in [3.63, 3.8) is 0 Å². The second-order valence-electron chi connectivity index (χ2n) is 5.51. The van der Waals surface area contributed by atoms with E-state index in [0.29, 0.717) is 22.8 Å². The van der Waals surface area contributed by atoms with Gasteiger partial charge in [-0.2, -0.15) is 0 Å². The first-order chi connectivity index (χ1) is 11.5. The topological polar surface area (TPSA) is 61.4 Å². The van der Waals surface area contributed by atoms with E-state index in [1.54, 1.807) is 31.3 Å². The molecule has 5 nitrogen and oxygen atoms in total. The van der Waals surface area contributed by atoms with Crippen LogP contribution in [-0.4, -0.2) is 37.4 Å². The Morgan fingerprint density at radius 1 is 1.12 bits per heavy atom. The molecule has 0 spiro atoms. The standard InChI is InChI=1S/C18H20ClN3O2/c1-20-18(24)14-4-3-5-16(10-14)21-17(23)12-22(2)11-13-6-8-15(19)9-7-13/h3-10H,11-12H2,1-2H3,(H,20,24)(H,21,23). The fourth-order valence-corrected chi connectivity index (χ4v) is 2.41. The van der Waals surface area contributed by atoms with E-state index in [1.807, 2.05) is 36.2 Å². The summed E-state index contributed by atoms with van der Waals surface area (Å²) < 4.78 is 0. The smallest absolute Gasteiger partial charge is 0.251 e. The normalized spacial score (nSPS) is 10.5. The number of hydrogen-bond donors (Lipinski definition) is 2. The minimum Gasteiger partial charge on any atom is -0.355 e. The number of hydrogen-bond acceptors (Lipinski definition) is 3. The molecule has 2 rings (SSSR count). The third-order valence-electron chi connectivity index (χ3n) is 3.41. The summed E-state index contributed by atoms with van der Waals surface area (Å²) in [7, 11) is 3.44. The number of carbonyl (C=O) groups is 2. The SMILES string of the molecule is CNC(=O)c1cccc(NC(=O)CN(C)Cc2ccc(Cl)cc2)c1. The Bertz CT molecular complexity index is 716. The molecule has 0 unspecified atom stereocenters. The molecule has 0 fully saturated rings. The van der Waals surface area contributed by atoms with Crippen LogP contribution in [0.2, 0.25) is 5.02 Å². The molecule has 24 heavy (non-hydrogen) atoms. The zero-order valence-electron chi connectivity index (χ0n) is 13.7. The molecular weight excluding hydrogens is 326 g/mol. The highest BCUT2D eigenvalue weighted by molar-refractivity contribution is 6.30. The molecular formula is C18H20ClN3O2. The molecule has 126 valence electrons. The molecule has 0 atom stereocenters. The number of carbonyl (C=O) groups excluding carboxylic acids is 2. The maximum absolute atomic E-state index is 12.1. The molecule has 2 aromatic carbocycles. The minimum absolute atomic E-state index is 0.138. The maximum Gasteiger partial charge on any atom is 0.251 e. The van der Waals surface area contributed by atoms with Gasteiger partial charge >= 0.3 is 0 Å². The minimum atomic E-state index is -0.189. The number of nitrogens with zero attached hydrogens (tertiary/aromatic N) is 1. The highest BCUT2D eigenvalue weighted by Gasteiger charge is 2.09. The summed E-state index contributed by atoms with van der Waals surface area (Å²) in [5.74, 6) is -0.327. The van der Waals surface area contributed by atoms with Crippen molar-refractivity contribution in [1.82, 2.24) is 10.2 Å². The quantitative estimate of drug-likeness (QED) is 0.846. The van der Waals surface area contributed by atoms with Crippen molar-refractivity contribution in [3.05, 3.63) is 64.7 Å². The molecule has 6 heteroatoms. The van der Waals surface area contributed by atoms with Gasteiger partial charge in [-0.25, -0.2) is 0 Å². The van der Waals surface area contributed by atoms with Gasteiger partial charge < -0.3 is 10.6 Å². The number of amides is 2. The average Bonchev–Trinajstić information content (AvgIpc) is 2.56. The van der Waals surface area contributed by atoms with Gasteiger partial charge in [-0.05, 0) is 42.9 Å². The van der Waals surface area contributed by atoms with Gasteiger partial charge in [0.05, 0.1) is 6.54 Å². The average molecular weight is 346 g/mol. The Labute approximate surface area is 146 Å². The van der Waals surface area contributed by atoms with Crippen molar-refractivity contribution >= 4 is 29.1 Å². The van der Waals surface area contributed by atoms with E-state index in [4.69, 9.17) is 11.6 Å². The molecule has 0 aliphatic rings. The maximum atomic E-state index is 12.1. The molecule has 0 aliphatic carbocycles. The van der Waals surface area contributed by atoms with E-state index < -0.39 is 0 Å². The van der Waals surface area contributed by atoms with Crippen LogP contribution in [0, 0.1) is 0 Å². The molecule has 2 aromatic rings. The summed E-state index contributed by atoms with van der Waals surface area (Å²) in [4.78, 5) is 25.7. The predicted octanol–water partition coefficient (Wildman–Crippen LogP) is 2.77. The lowest BCUT2D eigenvalue weighted by molar-refractivity contribution is -0.117. The number of likely N-dealkylation sites (N-methyl/N-ethyl adjacent to an activating group) is 1. The van der Waals surface area contributed by atoms with Crippen LogP contribution in [0.4, 0.5) is 5.69 Å². The Kier molecular flexibility index (Phi) is 6.35. The zero-order valence-corrected chi connectivity index (χ0v) is 14.4. The number of rotatable bonds is 6. The highest BCUT2D eigenvalue weighted by atomic mass is 35.5. The van der Waals surface area contributed by atoms with Crippen LogP contribution in [-0.2, 0) is 11.3 Å². The van der Waals surface area contributed by atoms with E-state index in [2.05, 4.69) is 10.6 Å². The van der Waals surface area contributed by atoms with Crippen molar-refractivity contribution in [1.29, 1.82) is 0 Å². The summed E-state index contributed by atoms with van der Waals surface area (Å²) >= 11 is 5.86. The third kappa shape index (κ3) is 5.37. The predicted molar refractivity (Wildman–Crippen MR) is 96.2 cm³/mol. The van der Waals surface area contributed by atoms with Crippen LogP contribution in [0.3, 0.4) is 0 Å². The Balaban J connectivity index is 1.90. The van der Waals surface area contributed by atoms with Crippen molar-refractivity contribution in [3.8, 4) is 0 Å². The molecule has 0 bridgehead atoms. The first-order valence-corrected chi connectivity index (χ1v) is 7.90. The molecule has 2 N–H and O–H groups in total. The summed E-state index contributed by atoms with van der Waals surface area (Å²) in [6, 6.07) is 14.4. The number of anilines is 1. The second kappa shape index (κ2) is 8.47. The van der Waals surface area contributed by atoms with Crippen LogP contribution in [0.1, 0.15) is 15.9 Å².